The van der Waals surface area contributed by atoms with Gasteiger partial charge < -0.3 is 0 Å². The maximum absolute atomic E-state index is 4.18. The van der Waals surface area contributed by atoms with Gasteiger partial charge in [-0.15, -0.1) is 47.0 Å². The first-order valence-corrected chi connectivity index (χ1v) is 20.0. The molecule has 0 bridgehead atoms. The standard InChI is InChI=1S/C30H24N4S8/c1-9-31-10-2-21(1)17-35-25-26(36-18-22-3-11-32-12-4-22)40-29(39-25)30-41-27(37-19-23-5-13-33-14-6-23)28(42-30)38-20-24-7-15-34-16-8-24/h1-16H,17-20H2. The van der Waals surface area contributed by atoms with Crippen molar-refractivity contribution in [3.05, 3.63) is 146 Å². The van der Waals surface area contributed by atoms with Crippen LogP contribution < -0.4 is 0 Å². The number of pyridine rings is 4. The zero-order valence-corrected chi connectivity index (χ0v) is 28.7. The van der Waals surface area contributed by atoms with Crippen LogP contribution >= 0.6 is 94.1 Å². The summed E-state index contributed by atoms with van der Waals surface area (Å²) in [5.74, 6) is 3.75. The molecule has 0 saturated carbocycles. The highest BCUT2D eigenvalue weighted by molar-refractivity contribution is 8.44. The summed E-state index contributed by atoms with van der Waals surface area (Å²) in [6, 6.07) is 16.8. The normalized spacial score (nSPS) is 15.2. The zero-order chi connectivity index (χ0) is 28.4. The number of aromatic nitrogens is 4. The van der Waals surface area contributed by atoms with E-state index in [4.69, 9.17) is 0 Å². The molecule has 2 aliphatic heterocycles. The summed E-state index contributed by atoms with van der Waals surface area (Å²) >= 11 is 15.5. The summed E-state index contributed by atoms with van der Waals surface area (Å²) in [6.07, 6.45) is 15.0. The van der Waals surface area contributed by atoms with Crippen LogP contribution in [0.1, 0.15) is 22.3 Å². The number of thioether (sulfide) groups is 8. The molecule has 0 spiro atoms. The predicted molar refractivity (Wildman–Crippen MR) is 194 cm³/mol. The minimum atomic E-state index is 0.936. The Morgan fingerprint density at radius 1 is 0.357 bits per heavy atom. The number of hydrogen-bond donors (Lipinski definition) is 0. The van der Waals surface area contributed by atoms with Crippen LogP contribution in [0.4, 0.5) is 0 Å². The van der Waals surface area contributed by atoms with Gasteiger partial charge in [-0.05, 0) is 70.8 Å². The van der Waals surface area contributed by atoms with Gasteiger partial charge in [0.25, 0.3) is 0 Å². The van der Waals surface area contributed by atoms with E-state index in [-0.39, 0.29) is 0 Å². The summed E-state index contributed by atoms with van der Waals surface area (Å²) in [5.41, 5.74) is 5.18. The lowest BCUT2D eigenvalue weighted by Gasteiger charge is -2.05. The predicted octanol–water partition coefficient (Wildman–Crippen LogP) is 10.6. The summed E-state index contributed by atoms with van der Waals surface area (Å²) in [4.78, 5) is 16.7. The van der Waals surface area contributed by atoms with Crippen LogP contribution in [0.3, 0.4) is 0 Å². The van der Waals surface area contributed by atoms with Gasteiger partial charge in [0.2, 0.25) is 0 Å². The van der Waals surface area contributed by atoms with Gasteiger partial charge in [0.1, 0.15) is 0 Å². The largest absolute Gasteiger partial charge is 0.265 e. The Morgan fingerprint density at radius 2 is 0.571 bits per heavy atom. The molecular weight excluding hydrogens is 673 g/mol. The summed E-state index contributed by atoms with van der Waals surface area (Å²) in [7, 11) is 0. The van der Waals surface area contributed by atoms with Crippen molar-refractivity contribution >= 4 is 94.1 Å². The van der Waals surface area contributed by atoms with E-state index < -0.39 is 0 Å². The third-order valence-electron chi connectivity index (χ3n) is 5.72. The maximum atomic E-state index is 4.18. The van der Waals surface area contributed by atoms with Gasteiger partial charge in [-0.2, -0.15) is 0 Å². The lowest BCUT2D eigenvalue weighted by atomic mass is 10.3. The summed E-state index contributed by atoms with van der Waals surface area (Å²) in [5, 5.41) is 0. The van der Waals surface area contributed by atoms with E-state index in [9.17, 15) is 0 Å². The molecule has 12 heteroatoms. The van der Waals surface area contributed by atoms with Gasteiger partial charge in [0, 0.05) is 72.6 Å². The Morgan fingerprint density at radius 3 is 0.786 bits per heavy atom. The molecule has 6 heterocycles. The van der Waals surface area contributed by atoms with E-state index in [0.29, 0.717) is 0 Å². The summed E-state index contributed by atoms with van der Waals surface area (Å²) in [6.45, 7) is 0. The third kappa shape index (κ3) is 8.84. The highest BCUT2D eigenvalue weighted by Crippen LogP contribution is 2.66. The van der Waals surface area contributed by atoms with Crippen molar-refractivity contribution in [2.24, 2.45) is 0 Å². The highest BCUT2D eigenvalue weighted by atomic mass is 32.3. The second-order valence-corrected chi connectivity index (χ2v) is 18.3. The molecule has 0 unspecified atom stereocenters. The number of nitrogens with zero attached hydrogens (tertiary/aromatic N) is 4. The topological polar surface area (TPSA) is 51.6 Å². The second-order valence-electron chi connectivity index (χ2n) is 8.71. The van der Waals surface area contributed by atoms with Gasteiger partial charge in [-0.25, -0.2) is 0 Å². The van der Waals surface area contributed by atoms with Crippen LogP contribution in [0, 0.1) is 0 Å². The lowest BCUT2D eigenvalue weighted by Crippen LogP contribution is -1.82. The molecule has 4 nitrogen and oxygen atoms in total. The molecular formula is C30H24N4S8. The number of hydrogen-bond acceptors (Lipinski definition) is 12. The van der Waals surface area contributed by atoms with Gasteiger partial charge in [0.05, 0.1) is 25.4 Å². The highest BCUT2D eigenvalue weighted by Gasteiger charge is 2.31. The molecule has 4 aromatic rings. The molecule has 42 heavy (non-hydrogen) atoms. The Balaban J connectivity index is 1.19. The molecule has 0 atom stereocenters. The van der Waals surface area contributed by atoms with Crippen LogP contribution in [0.15, 0.2) is 124 Å². The molecule has 0 fully saturated rings. The molecule has 0 radical (unpaired) electrons. The maximum Gasteiger partial charge on any atom is 0.0717 e. The third-order valence-corrected chi connectivity index (χ3v) is 17.6. The average Bonchev–Trinajstić information content (AvgIpc) is 3.66. The Kier molecular flexibility index (Phi) is 11.7. The monoisotopic (exact) mass is 696 g/mol. The first kappa shape index (κ1) is 30.6. The first-order valence-electron chi connectivity index (χ1n) is 12.8. The van der Waals surface area contributed by atoms with Gasteiger partial charge >= 0.3 is 0 Å². The van der Waals surface area contributed by atoms with Crippen molar-refractivity contribution in [3.8, 4) is 0 Å². The molecule has 6 rings (SSSR count). The van der Waals surface area contributed by atoms with E-state index >= 15 is 0 Å². The SMILES string of the molecule is c1cc(CSC2=C(SCc3ccncc3)SC(=C3SC(SCc4ccncc4)=C(SCc4ccncc4)S3)S2)ccn1. The fourth-order valence-electron chi connectivity index (χ4n) is 3.58. The Bertz CT molecular complexity index is 1330. The Labute approximate surface area is 280 Å². The molecule has 0 aliphatic carbocycles. The van der Waals surface area contributed by atoms with Crippen molar-refractivity contribution < 1.29 is 0 Å². The molecule has 2 aliphatic rings. The van der Waals surface area contributed by atoms with Crippen molar-refractivity contribution in [2.45, 2.75) is 23.0 Å². The van der Waals surface area contributed by atoms with Gasteiger partial charge in [-0.1, -0.05) is 47.0 Å². The molecule has 0 saturated heterocycles. The van der Waals surface area contributed by atoms with E-state index in [1.807, 2.05) is 144 Å². The molecule has 212 valence electrons. The molecule has 0 N–H and O–H groups in total. The fourth-order valence-corrected chi connectivity index (χ4v) is 15.4. The van der Waals surface area contributed by atoms with Crippen LogP contribution in [0.2, 0.25) is 0 Å². The van der Waals surface area contributed by atoms with E-state index in [0.717, 1.165) is 23.0 Å². The van der Waals surface area contributed by atoms with Crippen LogP contribution in [0.25, 0.3) is 0 Å². The van der Waals surface area contributed by atoms with Crippen molar-refractivity contribution in [1.29, 1.82) is 0 Å². The molecule has 4 aromatic heterocycles. The lowest BCUT2D eigenvalue weighted by molar-refractivity contribution is 1.27. The minimum Gasteiger partial charge on any atom is -0.265 e. The average molecular weight is 697 g/mol. The van der Waals surface area contributed by atoms with Gasteiger partial charge in [-0.3, -0.25) is 19.9 Å². The van der Waals surface area contributed by atoms with Crippen molar-refractivity contribution in [3.63, 3.8) is 0 Å². The second kappa shape index (κ2) is 16.1. The summed E-state index contributed by atoms with van der Waals surface area (Å²) < 4.78 is 8.35. The van der Waals surface area contributed by atoms with Crippen molar-refractivity contribution in [1.82, 2.24) is 19.9 Å². The smallest absolute Gasteiger partial charge is 0.0717 e. The van der Waals surface area contributed by atoms with E-state index in [1.165, 1.54) is 47.7 Å². The van der Waals surface area contributed by atoms with Gasteiger partial charge in [0.15, 0.2) is 0 Å². The van der Waals surface area contributed by atoms with E-state index in [1.54, 1.807) is 0 Å². The van der Waals surface area contributed by atoms with E-state index in [2.05, 4.69) is 68.5 Å². The van der Waals surface area contributed by atoms with Crippen molar-refractivity contribution in [2.75, 3.05) is 0 Å². The minimum absolute atomic E-state index is 0.936. The quantitative estimate of drug-likeness (QED) is 0.142. The van der Waals surface area contributed by atoms with Crippen LogP contribution in [0.5, 0.6) is 0 Å². The van der Waals surface area contributed by atoms with Crippen LogP contribution in [-0.4, -0.2) is 19.9 Å². The first-order chi connectivity index (χ1) is 20.8. The number of rotatable bonds is 12. The molecule has 0 aromatic carbocycles. The fraction of sp³-hybridized carbons (Fsp3) is 0.133. The molecule has 0 amide bonds. The Hall–Kier alpha value is -1.38. The van der Waals surface area contributed by atoms with Crippen LogP contribution in [-0.2, 0) is 23.0 Å². The zero-order valence-electron chi connectivity index (χ0n) is 22.1.